The minimum absolute atomic E-state index is 0.0782. The number of aliphatic carboxylic acids is 1. The third kappa shape index (κ3) is 4.53. The van der Waals surface area contributed by atoms with Crippen LogP contribution >= 0.6 is 0 Å². The maximum absolute atomic E-state index is 12.6. The molecule has 1 aromatic rings. The molecule has 0 amide bonds. The van der Waals surface area contributed by atoms with Gasteiger partial charge in [-0.15, -0.1) is 0 Å². The molecule has 0 spiro atoms. The van der Waals surface area contributed by atoms with Gasteiger partial charge in [0.1, 0.15) is 0 Å². The zero-order valence-corrected chi connectivity index (χ0v) is 14.6. The topological polar surface area (TPSA) is 121 Å². The monoisotopic (exact) mass is 376 g/mol. The van der Waals surface area contributed by atoms with Crippen LogP contribution in [0.2, 0.25) is 0 Å². The fraction of sp³-hybridized carbons (Fsp3) is 0.500. The number of hydrogen-bond donors (Lipinski definition) is 2. The van der Waals surface area contributed by atoms with Crippen LogP contribution in [-0.4, -0.2) is 51.9 Å². The van der Waals surface area contributed by atoms with Crippen molar-refractivity contribution in [3.8, 4) is 0 Å². The van der Waals surface area contributed by atoms with Gasteiger partial charge >= 0.3 is 5.97 Å². The first kappa shape index (κ1) is 18.8. The van der Waals surface area contributed by atoms with Gasteiger partial charge in [0, 0.05) is 19.6 Å². The molecule has 24 heavy (non-hydrogen) atoms. The number of piperidine rings is 1. The van der Waals surface area contributed by atoms with Crippen LogP contribution in [0.1, 0.15) is 25.7 Å². The van der Waals surface area contributed by atoms with Crippen LogP contribution in [0.4, 0.5) is 0 Å². The number of rotatable bonds is 7. The fourth-order valence-corrected chi connectivity index (χ4v) is 5.15. The first-order valence-corrected chi connectivity index (χ1v) is 10.5. The van der Waals surface area contributed by atoms with Crippen molar-refractivity contribution in [2.75, 3.05) is 19.6 Å². The highest BCUT2D eigenvalue weighted by Crippen LogP contribution is 2.22. The average Bonchev–Trinajstić information content (AvgIpc) is 2.55. The summed E-state index contributed by atoms with van der Waals surface area (Å²) in [6.07, 6.45) is 2.20. The van der Waals surface area contributed by atoms with Gasteiger partial charge in [-0.25, -0.2) is 21.6 Å². The van der Waals surface area contributed by atoms with Crippen molar-refractivity contribution in [1.82, 2.24) is 9.03 Å². The Balaban J connectivity index is 2.23. The molecular formula is C14H20N2O6S2. The van der Waals surface area contributed by atoms with Crippen LogP contribution < -0.4 is 4.72 Å². The van der Waals surface area contributed by atoms with Gasteiger partial charge < -0.3 is 5.11 Å². The normalized spacial score (nSPS) is 16.8. The van der Waals surface area contributed by atoms with Gasteiger partial charge in [-0.1, -0.05) is 12.5 Å². The molecule has 1 saturated heterocycles. The molecule has 134 valence electrons. The van der Waals surface area contributed by atoms with Gasteiger partial charge in [0.05, 0.1) is 16.2 Å². The van der Waals surface area contributed by atoms with Crippen molar-refractivity contribution in [2.24, 2.45) is 0 Å². The number of carboxylic acids is 1. The molecule has 0 saturated carbocycles. The molecule has 10 heteroatoms. The molecule has 0 bridgehead atoms. The average molecular weight is 376 g/mol. The second-order valence-corrected chi connectivity index (χ2v) is 9.19. The van der Waals surface area contributed by atoms with E-state index >= 15 is 0 Å². The van der Waals surface area contributed by atoms with Gasteiger partial charge in [0.15, 0.2) is 0 Å². The molecule has 1 aliphatic heterocycles. The predicted octanol–water partition coefficient (Wildman–Crippen LogP) is 0.614. The number of nitrogens with one attached hydrogen (secondary N) is 1. The molecule has 1 heterocycles. The highest BCUT2D eigenvalue weighted by molar-refractivity contribution is 7.90. The molecule has 1 aliphatic rings. The number of nitrogens with zero attached hydrogens (tertiary/aromatic N) is 1. The largest absolute Gasteiger partial charge is 0.481 e. The second kappa shape index (κ2) is 7.60. The van der Waals surface area contributed by atoms with Gasteiger partial charge in [0.25, 0.3) is 0 Å². The van der Waals surface area contributed by atoms with Crippen molar-refractivity contribution in [2.45, 2.75) is 35.5 Å². The summed E-state index contributed by atoms with van der Waals surface area (Å²) in [7, 11) is -7.70. The standard InChI is InChI=1S/C14H20N2O6S2/c17-14(18)7-8-15-23(19,20)12-5-4-6-13(11-12)24(21,22)16-9-2-1-3-10-16/h4-6,11,15H,1-3,7-10H2,(H,17,18). The predicted molar refractivity (Wildman–Crippen MR) is 86.5 cm³/mol. The summed E-state index contributed by atoms with van der Waals surface area (Å²) >= 11 is 0. The van der Waals surface area contributed by atoms with Crippen molar-refractivity contribution in [3.05, 3.63) is 24.3 Å². The van der Waals surface area contributed by atoms with Crippen LogP contribution in [0, 0.1) is 0 Å². The number of carbonyl (C=O) groups is 1. The van der Waals surface area contributed by atoms with Crippen molar-refractivity contribution >= 4 is 26.0 Å². The van der Waals surface area contributed by atoms with E-state index in [1.165, 1.54) is 22.5 Å². The van der Waals surface area contributed by atoms with E-state index < -0.39 is 26.0 Å². The Labute approximate surface area is 141 Å². The van der Waals surface area contributed by atoms with Gasteiger partial charge in [-0.3, -0.25) is 4.79 Å². The van der Waals surface area contributed by atoms with E-state index in [9.17, 15) is 21.6 Å². The Morgan fingerprint density at radius 3 is 2.33 bits per heavy atom. The van der Waals surface area contributed by atoms with Crippen LogP contribution in [0.25, 0.3) is 0 Å². The first-order chi connectivity index (χ1) is 11.2. The Bertz CT molecular complexity index is 798. The Hall–Kier alpha value is -1.49. The zero-order valence-electron chi connectivity index (χ0n) is 13.0. The molecule has 1 aromatic carbocycles. The molecule has 0 aromatic heterocycles. The first-order valence-electron chi connectivity index (χ1n) is 7.55. The van der Waals surface area contributed by atoms with Crippen LogP contribution in [0.5, 0.6) is 0 Å². The molecule has 0 radical (unpaired) electrons. The van der Waals surface area contributed by atoms with E-state index in [0.717, 1.165) is 25.3 Å². The summed E-state index contributed by atoms with van der Waals surface area (Å²) in [5, 5.41) is 8.56. The van der Waals surface area contributed by atoms with Crippen molar-refractivity contribution in [3.63, 3.8) is 0 Å². The highest BCUT2D eigenvalue weighted by Gasteiger charge is 2.27. The Kier molecular flexibility index (Phi) is 5.97. The van der Waals surface area contributed by atoms with E-state index in [-0.39, 0.29) is 22.8 Å². The van der Waals surface area contributed by atoms with Crippen LogP contribution in [-0.2, 0) is 24.8 Å². The molecule has 8 nitrogen and oxygen atoms in total. The number of hydrogen-bond acceptors (Lipinski definition) is 5. The summed E-state index contributed by atoms with van der Waals surface area (Å²) in [5.74, 6) is -1.13. The van der Waals surface area contributed by atoms with E-state index in [1.807, 2.05) is 0 Å². The third-order valence-electron chi connectivity index (χ3n) is 3.70. The third-order valence-corrected chi connectivity index (χ3v) is 7.05. The van der Waals surface area contributed by atoms with Crippen LogP contribution in [0.15, 0.2) is 34.1 Å². The Morgan fingerprint density at radius 1 is 1.08 bits per heavy atom. The lowest BCUT2D eigenvalue weighted by atomic mass is 10.2. The number of sulfonamides is 2. The smallest absolute Gasteiger partial charge is 0.304 e. The maximum atomic E-state index is 12.6. The maximum Gasteiger partial charge on any atom is 0.304 e. The van der Waals surface area contributed by atoms with Crippen LogP contribution in [0.3, 0.4) is 0 Å². The molecule has 0 unspecified atom stereocenters. The molecule has 2 rings (SSSR count). The molecule has 0 aliphatic carbocycles. The lowest BCUT2D eigenvalue weighted by Gasteiger charge is -2.26. The summed E-state index contributed by atoms with van der Waals surface area (Å²) < 4.78 is 53.0. The summed E-state index contributed by atoms with van der Waals surface area (Å²) in [4.78, 5) is 10.2. The molecule has 2 N–H and O–H groups in total. The second-order valence-electron chi connectivity index (χ2n) is 5.48. The van der Waals surface area contributed by atoms with Gasteiger partial charge in [0.2, 0.25) is 20.0 Å². The van der Waals surface area contributed by atoms with Gasteiger partial charge in [-0.05, 0) is 31.0 Å². The van der Waals surface area contributed by atoms with Crippen molar-refractivity contribution in [1.29, 1.82) is 0 Å². The molecule has 0 atom stereocenters. The summed E-state index contributed by atoms with van der Waals surface area (Å²) in [6, 6.07) is 5.11. The summed E-state index contributed by atoms with van der Waals surface area (Å²) in [6.45, 7) is 0.590. The fourth-order valence-electron chi connectivity index (χ4n) is 2.43. The SMILES string of the molecule is O=C(O)CCNS(=O)(=O)c1cccc(S(=O)(=O)N2CCCCC2)c1. The van der Waals surface area contributed by atoms with E-state index in [0.29, 0.717) is 13.1 Å². The van der Waals surface area contributed by atoms with E-state index in [1.54, 1.807) is 0 Å². The minimum atomic E-state index is -3.97. The molecule has 1 fully saturated rings. The molecular weight excluding hydrogens is 356 g/mol. The summed E-state index contributed by atoms with van der Waals surface area (Å²) in [5.41, 5.74) is 0. The lowest BCUT2D eigenvalue weighted by molar-refractivity contribution is -0.136. The van der Waals surface area contributed by atoms with E-state index in [4.69, 9.17) is 5.11 Å². The van der Waals surface area contributed by atoms with Crippen molar-refractivity contribution < 1.29 is 26.7 Å². The highest BCUT2D eigenvalue weighted by atomic mass is 32.2. The van der Waals surface area contributed by atoms with E-state index in [2.05, 4.69) is 4.72 Å². The number of carboxylic acid groups (broad SMARTS) is 1. The number of benzene rings is 1. The zero-order chi connectivity index (χ0) is 17.8. The quantitative estimate of drug-likeness (QED) is 0.719. The Morgan fingerprint density at radius 2 is 1.71 bits per heavy atom. The lowest BCUT2D eigenvalue weighted by Crippen LogP contribution is -2.35. The minimum Gasteiger partial charge on any atom is -0.481 e. The van der Waals surface area contributed by atoms with Gasteiger partial charge in [-0.2, -0.15) is 4.31 Å².